The molecule has 6 heteroatoms. The fourth-order valence-corrected chi connectivity index (χ4v) is 2.75. The van der Waals surface area contributed by atoms with Gasteiger partial charge >= 0.3 is 6.03 Å². The number of amides is 2. The van der Waals surface area contributed by atoms with Crippen molar-refractivity contribution in [2.24, 2.45) is 0 Å². The maximum atomic E-state index is 12.0. The van der Waals surface area contributed by atoms with Crippen molar-refractivity contribution < 1.29 is 14.3 Å². The molecule has 0 saturated carbocycles. The van der Waals surface area contributed by atoms with E-state index in [2.05, 4.69) is 21.7 Å². The van der Waals surface area contributed by atoms with E-state index in [1.54, 1.807) is 13.2 Å². The van der Waals surface area contributed by atoms with Crippen LogP contribution in [-0.2, 0) is 6.54 Å². The van der Waals surface area contributed by atoms with Crippen LogP contribution >= 0.6 is 0 Å². The predicted octanol–water partition coefficient (Wildman–Crippen LogP) is 2.46. The zero-order valence-electron chi connectivity index (χ0n) is 13.6. The molecule has 1 aliphatic heterocycles. The fraction of sp³-hybridized carbons (Fsp3) is 0.333. The highest BCUT2D eigenvalue weighted by Gasteiger charge is 2.21. The van der Waals surface area contributed by atoms with E-state index in [0.717, 1.165) is 23.4 Å². The van der Waals surface area contributed by atoms with Gasteiger partial charge in [-0.15, -0.1) is 0 Å². The van der Waals surface area contributed by atoms with E-state index in [9.17, 15) is 4.79 Å². The third-order valence-electron chi connectivity index (χ3n) is 4.01. The van der Waals surface area contributed by atoms with Crippen molar-refractivity contribution in [3.8, 4) is 11.6 Å². The molecule has 1 aromatic carbocycles. The quantitative estimate of drug-likeness (QED) is 0.885. The number of carbonyl (C=O) groups is 1. The number of hydrogen-bond donors (Lipinski definition) is 2. The van der Waals surface area contributed by atoms with Gasteiger partial charge in [0.2, 0.25) is 5.88 Å². The van der Waals surface area contributed by atoms with Crippen molar-refractivity contribution >= 4 is 6.03 Å². The first kappa shape index (κ1) is 16.1. The summed E-state index contributed by atoms with van der Waals surface area (Å²) in [6.45, 7) is 1.61. The Balaban J connectivity index is 1.49. The van der Waals surface area contributed by atoms with Crippen molar-refractivity contribution in [1.82, 2.24) is 15.6 Å². The topological polar surface area (TPSA) is 72.5 Å². The molecular weight excluding hydrogens is 306 g/mol. The van der Waals surface area contributed by atoms with Crippen LogP contribution in [0.5, 0.6) is 11.6 Å². The molecule has 6 nitrogen and oxygen atoms in total. The highest BCUT2D eigenvalue weighted by molar-refractivity contribution is 5.73. The summed E-state index contributed by atoms with van der Waals surface area (Å²) >= 11 is 0. The highest BCUT2D eigenvalue weighted by atomic mass is 16.5. The number of fused-ring (bicyclic) bond motifs is 1. The van der Waals surface area contributed by atoms with Crippen LogP contribution in [0.25, 0.3) is 0 Å². The molecule has 1 atom stereocenters. The molecule has 1 aromatic heterocycles. The van der Waals surface area contributed by atoms with Gasteiger partial charge in [-0.2, -0.15) is 0 Å². The van der Waals surface area contributed by atoms with Gasteiger partial charge in [0.15, 0.2) is 0 Å². The van der Waals surface area contributed by atoms with Gasteiger partial charge in [0.05, 0.1) is 26.0 Å². The lowest BCUT2D eigenvalue weighted by molar-refractivity contribution is 0.235. The second-order valence-corrected chi connectivity index (χ2v) is 5.61. The zero-order chi connectivity index (χ0) is 16.8. The molecule has 0 fully saturated rings. The third-order valence-corrected chi connectivity index (χ3v) is 4.01. The Bertz CT molecular complexity index is 705. The van der Waals surface area contributed by atoms with Crippen LogP contribution < -0.4 is 20.1 Å². The normalized spacial score (nSPS) is 15.8. The molecule has 0 unspecified atom stereocenters. The lowest BCUT2D eigenvalue weighted by Gasteiger charge is -2.26. The summed E-state index contributed by atoms with van der Waals surface area (Å²) in [7, 11) is 1.57. The molecule has 2 N–H and O–H groups in total. The number of benzene rings is 1. The zero-order valence-corrected chi connectivity index (χ0v) is 13.6. The number of pyridine rings is 1. The number of urea groups is 1. The summed E-state index contributed by atoms with van der Waals surface area (Å²) in [6.07, 6.45) is 0.898. The Morgan fingerprint density at radius 2 is 2.12 bits per heavy atom. The van der Waals surface area contributed by atoms with Gasteiger partial charge in [-0.25, -0.2) is 9.78 Å². The monoisotopic (exact) mass is 327 g/mol. The van der Waals surface area contributed by atoms with Gasteiger partial charge < -0.3 is 20.1 Å². The number of hydrogen-bond acceptors (Lipinski definition) is 4. The predicted molar refractivity (Wildman–Crippen MR) is 90.3 cm³/mol. The summed E-state index contributed by atoms with van der Waals surface area (Å²) in [5, 5.41) is 5.74. The third kappa shape index (κ3) is 3.95. The van der Waals surface area contributed by atoms with Gasteiger partial charge in [0.1, 0.15) is 5.75 Å². The number of para-hydroxylation sites is 1. The first-order valence-electron chi connectivity index (χ1n) is 7.99. The maximum Gasteiger partial charge on any atom is 0.315 e. The molecule has 0 saturated heterocycles. The summed E-state index contributed by atoms with van der Waals surface area (Å²) in [4.78, 5) is 16.3. The van der Waals surface area contributed by atoms with Crippen LogP contribution in [0.1, 0.15) is 23.6 Å². The molecule has 0 bridgehead atoms. The standard InChI is InChI=1S/C18H21N3O3/c1-23-17-8-4-5-14(21-17)12-20-18(22)19-11-13-9-10-24-16-7-3-2-6-15(13)16/h2-8,13H,9-12H2,1H3,(H2,19,20,22)/t13-/m0/s1. The van der Waals surface area contributed by atoms with E-state index in [1.165, 1.54) is 0 Å². The number of aromatic nitrogens is 1. The lowest BCUT2D eigenvalue weighted by Crippen LogP contribution is -2.38. The Morgan fingerprint density at radius 3 is 3.00 bits per heavy atom. The van der Waals surface area contributed by atoms with Crippen molar-refractivity contribution in [3.05, 3.63) is 53.7 Å². The number of nitrogens with zero attached hydrogens (tertiary/aromatic N) is 1. The van der Waals surface area contributed by atoms with Gasteiger partial charge in [-0.3, -0.25) is 0 Å². The molecule has 0 spiro atoms. The number of rotatable bonds is 5. The SMILES string of the molecule is COc1cccc(CNC(=O)NC[C@@H]2CCOc3ccccc32)n1. The molecule has 2 amide bonds. The van der Waals surface area contributed by atoms with E-state index in [0.29, 0.717) is 25.6 Å². The summed E-state index contributed by atoms with van der Waals surface area (Å²) in [5.41, 5.74) is 1.90. The molecule has 0 radical (unpaired) electrons. The smallest absolute Gasteiger partial charge is 0.315 e. The van der Waals surface area contributed by atoms with E-state index in [4.69, 9.17) is 9.47 Å². The number of methoxy groups -OCH3 is 1. The van der Waals surface area contributed by atoms with Crippen LogP contribution in [0.15, 0.2) is 42.5 Å². The second kappa shape index (κ2) is 7.68. The summed E-state index contributed by atoms with van der Waals surface area (Å²) < 4.78 is 10.7. The van der Waals surface area contributed by atoms with Gasteiger partial charge in [-0.1, -0.05) is 24.3 Å². The van der Waals surface area contributed by atoms with Crippen molar-refractivity contribution in [2.75, 3.05) is 20.3 Å². The van der Waals surface area contributed by atoms with Gasteiger partial charge in [0.25, 0.3) is 0 Å². The Labute approximate surface area is 141 Å². The number of carbonyl (C=O) groups excluding carboxylic acids is 1. The van der Waals surface area contributed by atoms with Crippen LogP contribution in [0.3, 0.4) is 0 Å². The van der Waals surface area contributed by atoms with Gasteiger partial charge in [-0.05, 0) is 24.1 Å². The van der Waals surface area contributed by atoms with Gasteiger partial charge in [0, 0.05) is 18.5 Å². The minimum atomic E-state index is -0.205. The average Bonchev–Trinajstić information content (AvgIpc) is 2.64. The van der Waals surface area contributed by atoms with Crippen LogP contribution in [0, 0.1) is 0 Å². The van der Waals surface area contributed by atoms with Crippen molar-refractivity contribution in [3.63, 3.8) is 0 Å². The van der Waals surface area contributed by atoms with E-state index in [-0.39, 0.29) is 11.9 Å². The first-order chi connectivity index (χ1) is 11.8. The van der Waals surface area contributed by atoms with Crippen LogP contribution in [-0.4, -0.2) is 31.3 Å². The van der Waals surface area contributed by atoms with Crippen molar-refractivity contribution in [2.45, 2.75) is 18.9 Å². The fourth-order valence-electron chi connectivity index (χ4n) is 2.75. The minimum Gasteiger partial charge on any atom is -0.493 e. The molecule has 2 heterocycles. The van der Waals surface area contributed by atoms with E-state index < -0.39 is 0 Å². The molecule has 126 valence electrons. The lowest BCUT2D eigenvalue weighted by atomic mass is 9.93. The molecule has 2 aromatic rings. The highest BCUT2D eigenvalue weighted by Crippen LogP contribution is 2.32. The first-order valence-corrected chi connectivity index (χ1v) is 7.99. The number of ether oxygens (including phenoxy) is 2. The number of nitrogens with one attached hydrogen (secondary N) is 2. The maximum absolute atomic E-state index is 12.0. The summed E-state index contributed by atoms with van der Waals surface area (Å²) in [5.74, 6) is 1.72. The van der Waals surface area contributed by atoms with Crippen LogP contribution in [0.2, 0.25) is 0 Å². The summed E-state index contributed by atoms with van der Waals surface area (Å²) in [6, 6.07) is 13.2. The van der Waals surface area contributed by atoms with E-state index >= 15 is 0 Å². The Hall–Kier alpha value is -2.76. The largest absolute Gasteiger partial charge is 0.493 e. The Kier molecular flexibility index (Phi) is 5.15. The Morgan fingerprint density at radius 1 is 1.25 bits per heavy atom. The average molecular weight is 327 g/mol. The molecular formula is C18H21N3O3. The van der Waals surface area contributed by atoms with Crippen molar-refractivity contribution in [1.29, 1.82) is 0 Å². The second-order valence-electron chi connectivity index (χ2n) is 5.61. The van der Waals surface area contributed by atoms with Crippen LogP contribution in [0.4, 0.5) is 4.79 Å². The molecule has 0 aliphatic carbocycles. The molecule has 24 heavy (non-hydrogen) atoms. The molecule has 1 aliphatic rings. The van der Waals surface area contributed by atoms with E-state index in [1.807, 2.05) is 30.3 Å². The molecule has 3 rings (SSSR count). The minimum absolute atomic E-state index is 0.205.